The van der Waals surface area contributed by atoms with Crippen LogP contribution < -0.4 is 5.32 Å². The van der Waals surface area contributed by atoms with Crippen LogP contribution in [0, 0.1) is 0 Å². The van der Waals surface area contributed by atoms with Crippen molar-refractivity contribution in [1.82, 2.24) is 5.32 Å². The van der Waals surface area contributed by atoms with Crippen LogP contribution in [0.2, 0.25) is 0 Å². The maximum atomic E-state index is 11.3. The third-order valence-electron chi connectivity index (χ3n) is 1.91. The highest BCUT2D eigenvalue weighted by Crippen LogP contribution is 2.05. The average Bonchev–Trinajstić information content (AvgIpc) is 2.24. The molecule has 1 unspecified atom stereocenters. The number of amides is 1. The minimum absolute atomic E-state index is 0.0692. The lowest BCUT2D eigenvalue weighted by molar-refractivity contribution is -0.147. The van der Waals surface area contributed by atoms with E-state index in [2.05, 4.69) is 10.1 Å². The predicted octanol–water partition coefficient (Wildman–Crippen LogP) is 0.496. The Balaban J connectivity index is 3.90. The highest BCUT2D eigenvalue weighted by molar-refractivity contribution is 5.83. The van der Waals surface area contributed by atoms with Crippen molar-refractivity contribution in [3.05, 3.63) is 0 Å². The maximum Gasteiger partial charge on any atom is 0.330 e. The molecule has 0 saturated heterocycles. The van der Waals surface area contributed by atoms with E-state index in [1.165, 1.54) is 14.0 Å². The summed E-state index contributed by atoms with van der Waals surface area (Å²) in [5.74, 6) is -0.832. The fourth-order valence-electron chi connectivity index (χ4n) is 1.16. The molecule has 0 aromatic carbocycles. The number of carbonyl (C=O) groups excluding carboxylic acids is 2. The largest absolute Gasteiger partial charge is 0.467 e. The monoisotopic (exact) mass is 261 g/mol. The van der Waals surface area contributed by atoms with E-state index in [1.54, 1.807) is 0 Å². The van der Waals surface area contributed by atoms with Crippen molar-refractivity contribution in [2.24, 2.45) is 0 Å². The van der Waals surface area contributed by atoms with Crippen LogP contribution in [0.1, 0.15) is 27.7 Å². The fraction of sp³-hybridized carbons (Fsp3) is 0.833. The second kappa shape index (κ2) is 8.05. The molecule has 0 saturated carbocycles. The van der Waals surface area contributed by atoms with E-state index in [0.717, 1.165) is 0 Å². The second-order valence-corrected chi connectivity index (χ2v) is 4.81. The van der Waals surface area contributed by atoms with Crippen LogP contribution in [0.3, 0.4) is 0 Å². The fourth-order valence-corrected chi connectivity index (χ4v) is 1.16. The van der Waals surface area contributed by atoms with Gasteiger partial charge in [-0.25, -0.2) is 4.79 Å². The first-order valence-electron chi connectivity index (χ1n) is 5.83. The Kier molecular flexibility index (Phi) is 7.54. The van der Waals surface area contributed by atoms with E-state index in [1.807, 2.05) is 20.8 Å². The summed E-state index contributed by atoms with van der Waals surface area (Å²) >= 11 is 0. The van der Waals surface area contributed by atoms with Crippen LogP contribution in [0.4, 0.5) is 0 Å². The topological polar surface area (TPSA) is 73.9 Å². The molecule has 106 valence electrons. The van der Waals surface area contributed by atoms with Crippen molar-refractivity contribution in [3.63, 3.8) is 0 Å². The van der Waals surface area contributed by atoms with Crippen LogP contribution in [-0.4, -0.2) is 50.4 Å². The molecule has 0 spiro atoms. The van der Waals surface area contributed by atoms with Gasteiger partial charge in [-0.15, -0.1) is 0 Å². The molecule has 6 nitrogen and oxygen atoms in total. The van der Waals surface area contributed by atoms with Crippen molar-refractivity contribution in [2.45, 2.75) is 39.3 Å². The normalized spacial score (nSPS) is 12.9. The standard InChI is InChI=1S/C12H23NO5/c1-9(14)13-10(11(15)16-5)8-17-6-7-18-12(2,3)4/h10H,6-8H2,1-5H3,(H,13,14). The molecule has 0 fully saturated rings. The third-order valence-corrected chi connectivity index (χ3v) is 1.91. The van der Waals surface area contributed by atoms with Gasteiger partial charge in [0.2, 0.25) is 5.91 Å². The lowest BCUT2D eigenvalue weighted by atomic mass is 10.2. The summed E-state index contributed by atoms with van der Waals surface area (Å²) < 4.78 is 15.3. The Morgan fingerprint density at radius 2 is 1.83 bits per heavy atom. The van der Waals surface area contributed by atoms with Gasteiger partial charge in [-0.2, -0.15) is 0 Å². The van der Waals surface area contributed by atoms with Crippen LogP contribution in [-0.2, 0) is 23.8 Å². The molecule has 0 aliphatic heterocycles. The van der Waals surface area contributed by atoms with Gasteiger partial charge in [-0.1, -0.05) is 0 Å². The SMILES string of the molecule is COC(=O)C(COCCOC(C)(C)C)NC(C)=O. The van der Waals surface area contributed by atoms with Crippen LogP contribution in [0.15, 0.2) is 0 Å². The van der Waals surface area contributed by atoms with Crippen molar-refractivity contribution in [3.8, 4) is 0 Å². The Labute approximate surface area is 108 Å². The van der Waals surface area contributed by atoms with Crippen molar-refractivity contribution >= 4 is 11.9 Å². The van der Waals surface area contributed by atoms with E-state index < -0.39 is 12.0 Å². The highest BCUT2D eigenvalue weighted by atomic mass is 16.5. The van der Waals surface area contributed by atoms with Crippen molar-refractivity contribution in [1.29, 1.82) is 0 Å². The van der Waals surface area contributed by atoms with E-state index >= 15 is 0 Å². The molecule has 1 atom stereocenters. The number of esters is 1. The first-order chi connectivity index (χ1) is 8.26. The van der Waals surface area contributed by atoms with Gasteiger partial charge in [0, 0.05) is 6.92 Å². The number of hydrogen-bond acceptors (Lipinski definition) is 5. The molecule has 0 aromatic rings. The summed E-state index contributed by atoms with van der Waals surface area (Å²) in [7, 11) is 1.26. The summed E-state index contributed by atoms with van der Waals surface area (Å²) in [6.07, 6.45) is 0. The number of carbonyl (C=O) groups is 2. The number of ether oxygens (including phenoxy) is 3. The van der Waals surface area contributed by atoms with Gasteiger partial charge in [0.05, 0.1) is 32.5 Å². The first kappa shape index (κ1) is 16.9. The molecule has 0 rings (SSSR count). The lowest BCUT2D eigenvalue weighted by Gasteiger charge is -2.20. The van der Waals surface area contributed by atoms with E-state index in [0.29, 0.717) is 13.2 Å². The average molecular weight is 261 g/mol. The smallest absolute Gasteiger partial charge is 0.330 e. The first-order valence-corrected chi connectivity index (χ1v) is 5.83. The van der Waals surface area contributed by atoms with Crippen LogP contribution in [0.25, 0.3) is 0 Å². The minimum Gasteiger partial charge on any atom is -0.467 e. The Morgan fingerprint density at radius 3 is 2.28 bits per heavy atom. The molecule has 0 heterocycles. The second-order valence-electron chi connectivity index (χ2n) is 4.81. The molecule has 1 N–H and O–H groups in total. The quantitative estimate of drug-likeness (QED) is 0.533. The Bertz CT molecular complexity index is 272. The van der Waals surface area contributed by atoms with Gasteiger partial charge < -0.3 is 19.5 Å². The molecular weight excluding hydrogens is 238 g/mol. The molecule has 0 bridgehead atoms. The molecule has 1 amide bonds. The summed E-state index contributed by atoms with van der Waals surface area (Å²) in [5.41, 5.74) is -0.219. The van der Waals surface area contributed by atoms with Gasteiger partial charge >= 0.3 is 5.97 Å². The Hall–Kier alpha value is -1.14. The number of hydrogen-bond donors (Lipinski definition) is 1. The van der Waals surface area contributed by atoms with Crippen LogP contribution >= 0.6 is 0 Å². The number of nitrogens with one attached hydrogen (secondary N) is 1. The van der Waals surface area contributed by atoms with Gasteiger partial charge in [0.25, 0.3) is 0 Å². The highest BCUT2D eigenvalue weighted by Gasteiger charge is 2.20. The number of methoxy groups -OCH3 is 1. The third kappa shape index (κ3) is 8.95. The summed E-state index contributed by atoms with van der Waals surface area (Å²) in [5, 5.41) is 2.46. The summed E-state index contributed by atoms with van der Waals surface area (Å²) in [6.45, 7) is 8.02. The molecule has 0 aliphatic carbocycles. The van der Waals surface area contributed by atoms with E-state index in [-0.39, 0.29) is 18.1 Å². The minimum atomic E-state index is -0.776. The zero-order chi connectivity index (χ0) is 14.2. The Morgan fingerprint density at radius 1 is 1.22 bits per heavy atom. The van der Waals surface area contributed by atoms with Gasteiger partial charge in [-0.05, 0) is 20.8 Å². The van der Waals surface area contributed by atoms with Crippen LogP contribution in [0.5, 0.6) is 0 Å². The molecule has 0 radical (unpaired) electrons. The maximum absolute atomic E-state index is 11.3. The lowest BCUT2D eigenvalue weighted by Crippen LogP contribution is -2.44. The summed E-state index contributed by atoms with van der Waals surface area (Å²) in [6, 6.07) is -0.776. The molecule has 6 heteroatoms. The molecular formula is C12H23NO5. The van der Waals surface area contributed by atoms with Gasteiger partial charge in [0.15, 0.2) is 6.04 Å². The number of rotatable bonds is 7. The van der Waals surface area contributed by atoms with Crippen molar-refractivity contribution < 1.29 is 23.8 Å². The van der Waals surface area contributed by atoms with Gasteiger partial charge in [-0.3, -0.25) is 4.79 Å². The zero-order valence-electron chi connectivity index (χ0n) is 11.7. The van der Waals surface area contributed by atoms with Crippen molar-refractivity contribution in [2.75, 3.05) is 26.9 Å². The zero-order valence-corrected chi connectivity index (χ0v) is 11.7. The predicted molar refractivity (Wildman–Crippen MR) is 66.1 cm³/mol. The van der Waals surface area contributed by atoms with E-state index in [4.69, 9.17) is 9.47 Å². The summed E-state index contributed by atoms with van der Waals surface area (Å²) in [4.78, 5) is 22.2. The molecule has 0 aliphatic rings. The molecule has 18 heavy (non-hydrogen) atoms. The van der Waals surface area contributed by atoms with E-state index in [9.17, 15) is 9.59 Å². The molecule has 0 aromatic heterocycles. The van der Waals surface area contributed by atoms with Gasteiger partial charge in [0.1, 0.15) is 0 Å².